The smallest absolute Gasteiger partial charge is 0.224 e. The fourth-order valence-electron chi connectivity index (χ4n) is 2.17. The van der Waals surface area contributed by atoms with Gasteiger partial charge in [-0.1, -0.05) is 12.1 Å². The van der Waals surface area contributed by atoms with Crippen LogP contribution in [0.3, 0.4) is 0 Å². The molecule has 106 valence electrons. The van der Waals surface area contributed by atoms with Crippen LogP contribution in [0.4, 0.5) is 5.82 Å². The average molecular weight is 292 g/mol. The van der Waals surface area contributed by atoms with Crippen molar-refractivity contribution in [3.63, 3.8) is 0 Å². The molecule has 0 saturated heterocycles. The van der Waals surface area contributed by atoms with E-state index in [0.717, 1.165) is 35.8 Å². The molecule has 4 nitrogen and oxygen atoms in total. The Labute approximate surface area is 123 Å². The Morgan fingerprint density at radius 2 is 2.10 bits per heavy atom. The summed E-state index contributed by atoms with van der Waals surface area (Å²) < 4.78 is 5.67. The minimum atomic E-state index is 0.282. The maximum Gasteiger partial charge on any atom is 0.224 e. The van der Waals surface area contributed by atoms with Crippen molar-refractivity contribution in [1.29, 1.82) is 0 Å². The summed E-state index contributed by atoms with van der Waals surface area (Å²) in [4.78, 5) is 10.7. The first kappa shape index (κ1) is 13.6. The summed E-state index contributed by atoms with van der Waals surface area (Å²) in [5.74, 6) is 1.66. The summed E-state index contributed by atoms with van der Waals surface area (Å²) >= 11 is 6.00. The topological polar surface area (TPSA) is 38.2 Å². The van der Waals surface area contributed by atoms with Gasteiger partial charge in [-0.3, -0.25) is 0 Å². The second-order valence-corrected chi connectivity index (χ2v) is 5.61. The van der Waals surface area contributed by atoms with E-state index in [4.69, 9.17) is 16.3 Å². The average Bonchev–Trinajstić information content (AvgIpc) is 3.26. The first-order valence-electron chi connectivity index (χ1n) is 6.95. The number of fused-ring (bicyclic) bond motifs is 1. The maximum atomic E-state index is 6.00. The van der Waals surface area contributed by atoms with Gasteiger partial charge in [0.05, 0.1) is 12.1 Å². The van der Waals surface area contributed by atoms with Crippen molar-refractivity contribution in [1.82, 2.24) is 9.97 Å². The molecule has 3 rings (SSSR count). The van der Waals surface area contributed by atoms with E-state index in [-0.39, 0.29) is 5.28 Å². The molecule has 0 atom stereocenters. The van der Waals surface area contributed by atoms with Crippen molar-refractivity contribution in [2.45, 2.75) is 12.8 Å². The largest absolute Gasteiger partial charge is 0.379 e. The van der Waals surface area contributed by atoms with E-state index >= 15 is 0 Å². The number of benzene rings is 1. The Kier molecular flexibility index (Phi) is 4.03. The Morgan fingerprint density at radius 1 is 1.30 bits per heavy atom. The number of halogens is 1. The number of aromatic nitrogens is 2. The van der Waals surface area contributed by atoms with E-state index in [2.05, 4.69) is 14.9 Å². The number of likely N-dealkylation sites (N-methyl/N-ethyl adjacent to an activating group) is 1. The molecule has 2 aromatic rings. The monoisotopic (exact) mass is 291 g/mol. The number of rotatable bonds is 6. The Balaban J connectivity index is 1.70. The molecule has 1 saturated carbocycles. The van der Waals surface area contributed by atoms with E-state index in [9.17, 15) is 0 Å². The van der Waals surface area contributed by atoms with Gasteiger partial charge < -0.3 is 9.64 Å². The highest BCUT2D eigenvalue weighted by atomic mass is 35.5. The number of anilines is 1. The van der Waals surface area contributed by atoms with Gasteiger partial charge in [0.1, 0.15) is 5.82 Å². The molecule has 20 heavy (non-hydrogen) atoms. The predicted octanol–water partition coefficient (Wildman–Crippen LogP) is 3.15. The number of para-hydroxylation sites is 1. The molecule has 1 aliphatic carbocycles. The highest BCUT2D eigenvalue weighted by Crippen LogP contribution is 2.29. The molecule has 0 N–H and O–H groups in total. The summed E-state index contributed by atoms with van der Waals surface area (Å²) in [6, 6.07) is 7.90. The van der Waals surface area contributed by atoms with Crippen LogP contribution in [0.1, 0.15) is 12.8 Å². The third-order valence-electron chi connectivity index (χ3n) is 3.54. The van der Waals surface area contributed by atoms with Crippen LogP contribution in [0.2, 0.25) is 5.28 Å². The van der Waals surface area contributed by atoms with Crippen molar-refractivity contribution in [2.75, 3.05) is 31.7 Å². The van der Waals surface area contributed by atoms with Crippen LogP contribution in [-0.2, 0) is 4.74 Å². The molecule has 0 radical (unpaired) electrons. The van der Waals surface area contributed by atoms with Crippen LogP contribution < -0.4 is 4.90 Å². The molecule has 0 spiro atoms. The molecule has 0 amide bonds. The molecule has 1 aromatic carbocycles. The van der Waals surface area contributed by atoms with Crippen LogP contribution in [0, 0.1) is 5.92 Å². The summed E-state index contributed by atoms with van der Waals surface area (Å²) in [5, 5.41) is 1.30. The third-order valence-corrected chi connectivity index (χ3v) is 3.71. The molecule has 5 heteroatoms. The molecule has 0 unspecified atom stereocenters. The van der Waals surface area contributed by atoms with Gasteiger partial charge in [-0.2, -0.15) is 4.98 Å². The second kappa shape index (κ2) is 5.94. The lowest BCUT2D eigenvalue weighted by molar-refractivity contribution is 0.131. The van der Waals surface area contributed by atoms with Gasteiger partial charge in [-0.15, -0.1) is 0 Å². The zero-order valence-corrected chi connectivity index (χ0v) is 12.3. The van der Waals surface area contributed by atoms with E-state index in [1.165, 1.54) is 12.8 Å². The predicted molar refractivity (Wildman–Crippen MR) is 81.4 cm³/mol. The van der Waals surface area contributed by atoms with Crippen molar-refractivity contribution in [2.24, 2.45) is 5.92 Å². The molecule has 1 fully saturated rings. The Bertz CT molecular complexity index is 601. The van der Waals surface area contributed by atoms with Crippen molar-refractivity contribution in [3.8, 4) is 0 Å². The van der Waals surface area contributed by atoms with Gasteiger partial charge in [0.2, 0.25) is 5.28 Å². The van der Waals surface area contributed by atoms with Crippen molar-refractivity contribution < 1.29 is 4.74 Å². The third kappa shape index (κ3) is 3.19. The lowest BCUT2D eigenvalue weighted by Gasteiger charge is -2.19. The summed E-state index contributed by atoms with van der Waals surface area (Å²) in [5.41, 5.74) is 0.869. The molecule has 1 aliphatic rings. The quantitative estimate of drug-likeness (QED) is 0.605. The van der Waals surface area contributed by atoms with E-state index in [0.29, 0.717) is 6.61 Å². The van der Waals surface area contributed by atoms with Gasteiger partial charge in [0.25, 0.3) is 0 Å². The normalized spacial score (nSPS) is 14.7. The molecule has 1 aromatic heterocycles. The van der Waals surface area contributed by atoms with Crippen LogP contribution in [0.15, 0.2) is 24.3 Å². The maximum absolute atomic E-state index is 6.00. The van der Waals surface area contributed by atoms with Crippen LogP contribution in [0.25, 0.3) is 10.9 Å². The van der Waals surface area contributed by atoms with Gasteiger partial charge in [-0.25, -0.2) is 4.98 Å². The minimum Gasteiger partial charge on any atom is -0.379 e. The Morgan fingerprint density at radius 3 is 2.90 bits per heavy atom. The number of hydrogen-bond donors (Lipinski definition) is 0. The molecular formula is C15H18ClN3O. The van der Waals surface area contributed by atoms with Crippen LogP contribution in [0.5, 0.6) is 0 Å². The van der Waals surface area contributed by atoms with E-state index in [1.807, 2.05) is 31.3 Å². The first-order valence-corrected chi connectivity index (χ1v) is 7.33. The highest BCUT2D eigenvalue weighted by Gasteiger charge is 2.21. The lowest BCUT2D eigenvalue weighted by atomic mass is 10.2. The molecular weight excluding hydrogens is 274 g/mol. The fraction of sp³-hybridized carbons (Fsp3) is 0.467. The number of nitrogens with zero attached hydrogens (tertiary/aromatic N) is 3. The Hall–Kier alpha value is -1.39. The first-order chi connectivity index (χ1) is 9.74. The van der Waals surface area contributed by atoms with Gasteiger partial charge in [0, 0.05) is 25.6 Å². The van der Waals surface area contributed by atoms with E-state index in [1.54, 1.807) is 0 Å². The van der Waals surface area contributed by atoms with Crippen LogP contribution in [-0.4, -0.2) is 36.8 Å². The minimum absolute atomic E-state index is 0.282. The highest BCUT2D eigenvalue weighted by molar-refractivity contribution is 6.28. The molecule has 1 heterocycles. The zero-order valence-electron chi connectivity index (χ0n) is 11.6. The van der Waals surface area contributed by atoms with Crippen molar-refractivity contribution >= 4 is 28.3 Å². The lowest BCUT2D eigenvalue weighted by Crippen LogP contribution is -2.24. The SMILES string of the molecule is CN(CCOCC1CC1)c1nc(Cl)nc2ccccc12. The van der Waals surface area contributed by atoms with Crippen molar-refractivity contribution in [3.05, 3.63) is 29.5 Å². The summed E-state index contributed by atoms with van der Waals surface area (Å²) in [6.07, 6.45) is 2.64. The van der Waals surface area contributed by atoms with Gasteiger partial charge >= 0.3 is 0 Å². The number of hydrogen-bond acceptors (Lipinski definition) is 4. The number of ether oxygens (including phenoxy) is 1. The summed E-state index contributed by atoms with van der Waals surface area (Å²) in [6.45, 7) is 2.39. The molecule has 0 bridgehead atoms. The second-order valence-electron chi connectivity index (χ2n) is 5.27. The standard InChI is InChI=1S/C15H18ClN3O/c1-19(8-9-20-10-11-6-7-11)14-12-4-2-3-5-13(12)17-15(16)18-14/h2-5,11H,6-10H2,1H3. The van der Waals surface area contributed by atoms with Crippen LogP contribution >= 0.6 is 11.6 Å². The van der Waals surface area contributed by atoms with Gasteiger partial charge in [-0.05, 0) is 42.5 Å². The van der Waals surface area contributed by atoms with Gasteiger partial charge in [0.15, 0.2) is 0 Å². The summed E-state index contributed by atoms with van der Waals surface area (Å²) in [7, 11) is 2.01. The fourth-order valence-corrected chi connectivity index (χ4v) is 2.34. The van der Waals surface area contributed by atoms with E-state index < -0.39 is 0 Å². The molecule has 0 aliphatic heterocycles. The zero-order chi connectivity index (χ0) is 13.9.